The van der Waals surface area contributed by atoms with Crippen molar-refractivity contribution in [1.29, 1.82) is 0 Å². The normalized spacial score (nSPS) is 20.5. The van der Waals surface area contributed by atoms with E-state index in [1.807, 2.05) is 18.2 Å². The molecule has 1 fully saturated rings. The minimum absolute atomic E-state index is 0.329. The molecule has 2 atom stereocenters. The number of rotatable bonds is 6. The lowest BCUT2D eigenvalue weighted by molar-refractivity contribution is 0.130. The summed E-state index contributed by atoms with van der Waals surface area (Å²) in [5.74, 6) is 1.62. The second-order valence-corrected chi connectivity index (χ2v) is 5.90. The number of halogens is 1. The molecule has 19 heavy (non-hydrogen) atoms. The summed E-state index contributed by atoms with van der Waals surface area (Å²) in [6.45, 7) is 6.50. The van der Waals surface area contributed by atoms with Gasteiger partial charge >= 0.3 is 0 Å². The number of aryl methyl sites for hydroxylation is 1. The van der Waals surface area contributed by atoms with Gasteiger partial charge in [-0.2, -0.15) is 0 Å². The van der Waals surface area contributed by atoms with Crippen molar-refractivity contribution in [3.63, 3.8) is 0 Å². The van der Waals surface area contributed by atoms with Crippen molar-refractivity contribution in [3.8, 4) is 5.75 Å². The van der Waals surface area contributed by atoms with Crippen LogP contribution in [-0.2, 0) is 0 Å². The summed E-state index contributed by atoms with van der Waals surface area (Å²) in [5, 5.41) is 4.21. The Morgan fingerprint density at radius 3 is 2.95 bits per heavy atom. The number of ether oxygens (including phenoxy) is 1. The van der Waals surface area contributed by atoms with Gasteiger partial charge in [0.2, 0.25) is 0 Å². The van der Waals surface area contributed by atoms with E-state index in [0.717, 1.165) is 35.8 Å². The molecule has 106 valence electrons. The molecule has 1 heterocycles. The van der Waals surface area contributed by atoms with Gasteiger partial charge < -0.3 is 10.1 Å². The monoisotopic (exact) mass is 281 g/mol. The molecule has 0 spiro atoms. The molecule has 0 radical (unpaired) electrons. The Morgan fingerprint density at radius 1 is 1.47 bits per heavy atom. The van der Waals surface area contributed by atoms with E-state index in [9.17, 15) is 0 Å². The molecule has 1 aromatic carbocycles. The maximum Gasteiger partial charge on any atom is 0.122 e. The van der Waals surface area contributed by atoms with Crippen LogP contribution in [0.5, 0.6) is 5.75 Å². The van der Waals surface area contributed by atoms with Gasteiger partial charge in [0.05, 0.1) is 0 Å². The quantitative estimate of drug-likeness (QED) is 0.844. The van der Waals surface area contributed by atoms with Crippen molar-refractivity contribution in [1.82, 2.24) is 5.32 Å². The molecule has 0 amide bonds. The van der Waals surface area contributed by atoms with Crippen molar-refractivity contribution >= 4 is 11.6 Å². The summed E-state index contributed by atoms with van der Waals surface area (Å²) < 4.78 is 6.29. The Bertz CT molecular complexity index is 402. The lowest BCUT2D eigenvalue weighted by Gasteiger charge is -2.25. The fraction of sp³-hybridized carbons (Fsp3) is 0.625. The second kappa shape index (κ2) is 7.16. The molecule has 0 saturated carbocycles. The van der Waals surface area contributed by atoms with E-state index in [0.29, 0.717) is 12.0 Å². The van der Waals surface area contributed by atoms with Gasteiger partial charge in [0.15, 0.2) is 0 Å². The molecule has 2 rings (SSSR count). The molecule has 0 bridgehead atoms. The third-order valence-electron chi connectivity index (χ3n) is 3.88. The summed E-state index contributed by atoms with van der Waals surface area (Å²) in [5.41, 5.74) is 1.12. The van der Waals surface area contributed by atoms with Crippen LogP contribution in [0.2, 0.25) is 5.02 Å². The minimum Gasteiger partial charge on any atom is -0.490 e. The van der Waals surface area contributed by atoms with Gasteiger partial charge in [-0.3, -0.25) is 0 Å². The topological polar surface area (TPSA) is 21.3 Å². The number of benzene rings is 1. The highest BCUT2D eigenvalue weighted by atomic mass is 35.5. The summed E-state index contributed by atoms with van der Waals surface area (Å²) >= 11 is 6.00. The second-order valence-electron chi connectivity index (χ2n) is 5.46. The maximum atomic E-state index is 6.29. The summed E-state index contributed by atoms with van der Waals surface area (Å²) in [6, 6.07) is 5.88. The largest absolute Gasteiger partial charge is 0.490 e. The zero-order valence-electron chi connectivity index (χ0n) is 11.9. The van der Waals surface area contributed by atoms with Crippen LogP contribution in [0.3, 0.4) is 0 Å². The Labute approximate surface area is 121 Å². The molecule has 0 unspecified atom stereocenters. The molecule has 1 N–H and O–H groups in total. The van der Waals surface area contributed by atoms with E-state index in [1.54, 1.807) is 0 Å². The average Bonchev–Trinajstić information content (AvgIpc) is 2.90. The zero-order chi connectivity index (χ0) is 13.7. The maximum absolute atomic E-state index is 6.29. The molecular formula is C16H24ClNO. The van der Waals surface area contributed by atoms with E-state index in [4.69, 9.17) is 16.3 Å². The number of unbranched alkanes of at least 4 members (excludes halogenated alkanes) is 1. The number of nitrogens with one attached hydrogen (secondary N) is 1. The van der Waals surface area contributed by atoms with Crippen LogP contribution in [0.15, 0.2) is 18.2 Å². The van der Waals surface area contributed by atoms with Crippen LogP contribution >= 0.6 is 11.6 Å². The van der Waals surface area contributed by atoms with Crippen LogP contribution in [0.1, 0.15) is 38.2 Å². The van der Waals surface area contributed by atoms with Crippen molar-refractivity contribution in [2.45, 2.75) is 45.6 Å². The smallest absolute Gasteiger partial charge is 0.122 e. The Balaban J connectivity index is 2.05. The summed E-state index contributed by atoms with van der Waals surface area (Å²) in [7, 11) is 0. The highest BCUT2D eigenvalue weighted by molar-refractivity contribution is 6.30. The standard InChI is InChI=1S/C16H24ClNO/c1-3-4-5-16(13-8-9-18-11-13)19-15-7-6-14(17)10-12(15)2/h6-7,10,13,16,18H,3-5,8-9,11H2,1-2H3/t13-,16+/m0/s1. The van der Waals surface area contributed by atoms with Crippen LogP contribution in [0.25, 0.3) is 0 Å². The van der Waals surface area contributed by atoms with E-state index < -0.39 is 0 Å². The van der Waals surface area contributed by atoms with Gasteiger partial charge in [0.25, 0.3) is 0 Å². The Morgan fingerprint density at radius 2 is 2.32 bits per heavy atom. The first kappa shape index (κ1) is 14.7. The molecule has 1 saturated heterocycles. The zero-order valence-corrected chi connectivity index (χ0v) is 12.7. The molecule has 1 aliphatic rings. The van der Waals surface area contributed by atoms with Crippen molar-refractivity contribution in [3.05, 3.63) is 28.8 Å². The van der Waals surface area contributed by atoms with Gasteiger partial charge in [-0.15, -0.1) is 0 Å². The first-order valence-electron chi connectivity index (χ1n) is 7.34. The lowest BCUT2D eigenvalue weighted by Crippen LogP contribution is -2.29. The fourth-order valence-electron chi connectivity index (χ4n) is 2.70. The first-order valence-corrected chi connectivity index (χ1v) is 7.72. The van der Waals surface area contributed by atoms with Crippen LogP contribution in [0, 0.1) is 12.8 Å². The number of hydrogen-bond acceptors (Lipinski definition) is 2. The molecule has 3 heteroatoms. The third-order valence-corrected chi connectivity index (χ3v) is 4.12. The van der Waals surface area contributed by atoms with E-state index >= 15 is 0 Å². The number of hydrogen-bond donors (Lipinski definition) is 1. The van der Waals surface area contributed by atoms with E-state index in [2.05, 4.69) is 19.2 Å². The van der Waals surface area contributed by atoms with Crippen molar-refractivity contribution in [2.75, 3.05) is 13.1 Å². The molecule has 0 aliphatic carbocycles. The minimum atomic E-state index is 0.329. The van der Waals surface area contributed by atoms with Crippen molar-refractivity contribution in [2.24, 2.45) is 5.92 Å². The molecule has 1 aliphatic heterocycles. The van der Waals surface area contributed by atoms with Crippen LogP contribution in [0.4, 0.5) is 0 Å². The molecule has 1 aromatic rings. The van der Waals surface area contributed by atoms with Crippen LogP contribution < -0.4 is 10.1 Å². The van der Waals surface area contributed by atoms with Gasteiger partial charge in [0.1, 0.15) is 11.9 Å². The van der Waals surface area contributed by atoms with Gasteiger partial charge in [0, 0.05) is 17.5 Å². The Kier molecular flexibility index (Phi) is 5.53. The van der Waals surface area contributed by atoms with Crippen LogP contribution in [-0.4, -0.2) is 19.2 Å². The Hall–Kier alpha value is -0.730. The average molecular weight is 282 g/mol. The van der Waals surface area contributed by atoms with Gasteiger partial charge in [-0.05, 0) is 50.1 Å². The summed E-state index contributed by atoms with van der Waals surface area (Å²) in [4.78, 5) is 0. The SMILES string of the molecule is CCCC[C@@H](Oc1ccc(Cl)cc1C)[C@H]1CCNC1. The van der Waals surface area contributed by atoms with E-state index in [-0.39, 0.29) is 0 Å². The van der Waals surface area contributed by atoms with Crippen molar-refractivity contribution < 1.29 is 4.74 Å². The molecule has 0 aromatic heterocycles. The molecule has 2 nitrogen and oxygen atoms in total. The predicted molar refractivity (Wildman–Crippen MR) is 81.1 cm³/mol. The van der Waals surface area contributed by atoms with Gasteiger partial charge in [-0.25, -0.2) is 0 Å². The highest BCUT2D eigenvalue weighted by Crippen LogP contribution is 2.27. The predicted octanol–water partition coefficient (Wildman–Crippen LogP) is 4.20. The van der Waals surface area contributed by atoms with Gasteiger partial charge in [-0.1, -0.05) is 31.4 Å². The fourth-order valence-corrected chi connectivity index (χ4v) is 2.93. The third kappa shape index (κ3) is 4.12. The lowest BCUT2D eigenvalue weighted by atomic mass is 9.96. The van der Waals surface area contributed by atoms with E-state index in [1.165, 1.54) is 19.3 Å². The highest BCUT2D eigenvalue weighted by Gasteiger charge is 2.26. The first-order chi connectivity index (χ1) is 9.20. The summed E-state index contributed by atoms with van der Waals surface area (Å²) in [6.07, 6.45) is 5.15. The molecular weight excluding hydrogens is 258 g/mol.